The van der Waals surface area contributed by atoms with Crippen LogP contribution in [0.1, 0.15) is 22.8 Å². The van der Waals surface area contributed by atoms with E-state index in [9.17, 15) is 4.79 Å². The van der Waals surface area contributed by atoms with Crippen LogP contribution in [0.15, 0.2) is 59.6 Å². The molecular weight excluding hydrogens is 372 g/mol. The molecule has 0 bridgehead atoms. The first-order chi connectivity index (χ1) is 11.6. The average molecular weight is 391 g/mol. The molecule has 2 rings (SSSR count). The molecule has 0 fully saturated rings. The quantitative estimate of drug-likeness (QED) is 0.480. The maximum Gasteiger partial charge on any atom is 0.338 e. The zero-order valence-electron chi connectivity index (χ0n) is 13.5. The molecule has 0 unspecified atom stereocenters. The molecule has 0 heterocycles. The van der Waals surface area contributed by atoms with Crippen molar-refractivity contribution in [1.82, 2.24) is 0 Å². The average Bonchev–Trinajstić information content (AvgIpc) is 2.60. The van der Waals surface area contributed by atoms with Gasteiger partial charge in [0.15, 0.2) is 11.5 Å². The van der Waals surface area contributed by atoms with Gasteiger partial charge < -0.3 is 14.2 Å². The number of carbonyl (C=O) groups excluding carboxylic acids is 1. The molecular formula is C19H19BrO4. The Balaban J connectivity index is 2.11. The molecule has 0 radical (unpaired) electrons. The largest absolute Gasteiger partial charge is 0.490 e. The number of benzene rings is 2. The van der Waals surface area contributed by atoms with Crippen molar-refractivity contribution in [1.29, 1.82) is 0 Å². The highest BCUT2D eigenvalue weighted by molar-refractivity contribution is 9.10. The van der Waals surface area contributed by atoms with E-state index >= 15 is 0 Å². The van der Waals surface area contributed by atoms with E-state index in [-0.39, 0.29) is 6.61 Å². The summed E-state index contributed by atoms with van der Waals surface area (Å²) in [5.74, 6) is 0.679. The van der Waals surface area contributed by atoms with Gasteiger partial charge in [-0.3, -0.25) is 0 Å². The first kappa shape index (κ1) is 18.1. The van der Waals surface area contributed by atoms with Crippen LogP contribution in [0.25, 0.3) is 0 Å². The molecule has 0 N–H and O–H groups in total. The second-order valence-electron chi connectivity index (χ2n) is 4.90. The van der Waals surface area contributed by atoms with Gasteiger partial charge in [0.1, 0.15) is 13.2 Å². The Bertz CT molecular complexity index is 695. The Morgan fingerprint density at radius 1 is 1.12 bits per heavy atom. The van der Waals surface area contributed by atoms with Crippen LogP contribution in [0, 0.1) is 0 Å². The number of hydrogen-bond acceptors (Lipinski definition) is 4. The zero-order chi connectivity index (χ0) is 17.4. The van der Waals surface area contributed by atoms with Crippen molar-refractivity contribution in [2.24, 2.45) is 0 Å². The fourth-order valence-electron chi connectivity index (χ4n) is 1.98. The molecule has 0 aliphatic heterocycles. The highest BCUT2D eigenvalue weighted by Crippen LogP contribution is 2.29. The Morgan fingerprint density at radius 2 is 1.88 bits per heavy atom. The van der Waals surface area contributed by atoms with Crippen LogP contribution in [0.4, 0.5) is 0 Å². The predicted octanol–water partition coefficient (Wildman–Crippen LogP) is 4.77. The predicted molar refractivity (Wildman–Crippen MR) is 96.6 cm³/mol. The normalized spacial score (nSPS) is 10.1. The van der Waals surface area contributed by atoms with Crippen LogP contribution in [-0.4, -0.2) is 19.2 Å². The van der Waals surface area contributed by atoms with Gasteiger partial charge in [-0.15, -0.1) is 0 Å². The first-order valence-corrected chi connectivity index (χ1v) is 8.35. The van der Waals surface area contributed by atoms with E-state index in [0.29, 0.717) is 30.3 Å². The van der Waals surface area contributed by atoms with Crippen molar-refractivity contribution < 1.29 is 19.0 Å². The number of hydrogen-bond donors (Lipinski definition) is 0. The van der Waals surface area contributed by atoms with Gasteiger partial charge in [0.2, 0.25) is 0 Å². The minimum absolute atomic E-state index is 0.171. The van der Waals surface area contributed by atoms with Crippen LogP contribution in [0.2, 0.25) is 0 Å². The molecule has 2 aromatic carbocycles. The van der Waals surface area contributed by atoms with Crippen molar-refractivity contribution in [2.75, 3.05) is 13.2 Å². The van der Waals surface area contributed by atoms with Gasteiger partial charge in [-0.05, 0) is 42.8 Å². The number of halogens is 1. The first-order valence-electron chi connectivity index (χ1n) is 7.56. The zero-order valence-corrected chi connectivity index (χ0v) is 15.0. The van der Waals surface area contributed by atoms with Gasteiger partial charge in [0.25, 0.3) is 0 Å². The Kier molecular flexibility index (Phi) is 6.88. The van der Waals surface area contributed by atoms with Crippen LogP contribution in [0.3, 0.4) is 0 Å². The topological polar surface area (TPSA) is 44.8 Å². The third-order valence-corrected chi connectivity index (χ3v) is 3.65. The highest BCUT2D eigenvalue weighted by atomic mass is 79.9. The Morgan fingerprint density at radius 3 is 2.54 bits per heavy atom. The Hall–Kier alpha value is -2.27. The SMILES string of the molecule is C=CCOC(=O)c1ccc(OCc2ccc(Br)cc2)c(OCC)c1. The fraction of sp³-hybridized carbons (Fsp3) is 0.211. The molecule has 0 aliphatic carbocycles. The Labute approximate surface area is 150 Å². The maximum absolute atomic E-state index is 11.9. The van der Waals surface area contributed by atoms with Crippen LogP contribution in [0.5, 0.6) is 11.5 Å². The monoisotopic (exact) mass is 390 g/mol. The highest BCUT2D eigenvalue weighted by Gasteiger charge is 2.12. The molecule has 24 heavy (non-hydrogen) atoms. The van der Waals surface area contributed by atoms with Gasteiger partial charge in [-0.1, -0.05) is 40.7 Å². The van der Waals surface area contributed by atoms with Gasteiger partial charge in [-0.25, -0.2) is 4.79 Å². The lowest BCUT2D eigenvalue weighted by Crippen LogP contribution is -2.06. The van der Waals surface area contributed by atoms with Crippen molar-refractivity contribution in [2.45, 2.75) is 13.5 Å². The molecule has 0 saturated heterocycles. The molecule has 5 heteroatoms. The summed E-state index contributed by atoms with van der Waals surface area (Å²) in [5.41, 5.74) is 1.45. The summed E-state index contributed by atoms with van der Waals surface area (Å²) in [5, 5.41) is 0. The molecule has 126 valence electrons. The summed E-state index contributed by atoms with van der Waals surface area (Å²) < 4.78 is 17.5. The summed E-state index contributed by atoms with van der Waals surface area (Å²) >= 11 is 3.40. The van der Waals surface area contributed by atoms with Gasteiger partial charge >= 0.3 is 5.97 Å². The molecule has 0 aromatic heterocycles. The summed E-state index contributed by atoms with van der Waals surface area (Å²) in [6.07, 6.45) is 1.52. The third-order valence-electron chi connectivity index (χ3n) is 3.12. The van der Waals surface area contributed by atoms with Gasteiger partial charge in [0.05, 0.1) is 12.2 Å². The van der Waals surface area contributed by atoms with Crippen LogP contribution in [-0.2, 0) is 11.3 Å². The van der Waals surface area contributed by atoms with E-state index in [1.54, 1.807) is 18.2 Å². The fourth-order valence-corrected chi connectivity index (χ4v) is 2.25. The molecule has 0 aliphatic rings. The van der Waals surface area contributed by atoms with Gasteiger partial charge in [-0.2, -0.15) is 0 Å². The van der Waals surface area contributed by atoms with Crippen LogP contribution < -0.4 is 9.47 Å². The number of esters is 1. The van der Waals surface area contributed by atoms with Crippen molar-refractivity contribution in [3.63, 3.8) is 0 Å². The second-order valence-corrected chi connectivity index (χ2v) is 5.81. The van der Waals surface area contributed by atoms with E-state index in [1.807, 2.05) is 31.2 Å². The lowest BCUT2D eigenvalue weighted by molar-refractivity contribution is 0.0549. The van der Waals surface area contributed by atoms with E-state index < -0.39 is 5.97 Å². The van der Waals surface area contributed by atoms with E-state index in [1.165, 1.54) is 6.08 Å². The molecule has 4 nitrogen and oxygen atoms in total. The minimum Gasteiger partial charge on any atom is -0.490 e. The van der Waals surface area contributed by atoms with Crippen LogP contribution >= 0.6 is 15.9 Å². The summed E-state index contributed by atoms with van der Waals surface area (Å²) in [6.45, 7) is 6.45. The number of rotatable bonds is 8. The van der Waals surface area contributed by atoms with Crippen molar-refractivity contribution in [3.05, 3.63) is 70.7 Å². The van der Waals surface area contributed by atoms with E-state index in [4.69, 9.17) is 14.2 Å². The lowest BCUT2D eigenvalue weighted by Gasteiger charge is -2.13. The summed E-state index contributed by atoms with van der Waals surface area (Å²) in [7, 11) is 0. The smallest absolute Gasteiger partial charge is 0.338 e. The molecule has 0 amide bonds. The van der Waals surface area contributed by atoms with Gasteiger partial charge in [0, 0.05) is 4.47 Å². The molecule has 0 atom stereocenters. The van der Waals surface area contributed by atoms with Crippen molar-refractivity contribution >= 4 is 21.9 Å². The second kappa shape index (κ2) is 9.13. The standard InChI is InChI=1S/C19H19BrO4/c1-3-11-23-19(21)15-7-10-17(18(12-15)22-4-2)24-13-14-5-8-16(20)9-6-14/h3,5-10,12H,1,4,11,13H2,2H3. The third kappa shape index (κ3) is 5.13. The summed E-state index contributed by atoms with van der Waals surface area (Å²) in [4.78, 5) is 11.9. The molecule has 2 aromatic rings. The molecule has 0 saturated carbocycles. The van der Waals surface area contributed by atoms with E-state index in [0.717, 1.165) is 10.0 Å². The minimum atomic E-state index is -0.421. The maximum atomic E-state index is 11.9. The summed E-state index contributed by atoms with van der Waals surface area (Å²) in [6, 6.07) is 12.9. The van der Waals surface area contributed by atoms with E-state index in [2.05, 4.69) is 22.5 Å². The lowest BCUT2D eigenvalue weighted by atomic mass is 10.2. The van der Waals surface area contributed by atoms with Crippen molar-refractivity contribution in [3.8, 4) is 11.5 Å². The molecule has 0 spiro atoms. The number of carbonyl (C=O) groups is 1. The number of ether oxygens (including phenoxy) is 3.